The molecule has 0 radical (unpaired) electrons. The Morgan fingerprint density at radius 2 is 2.10 bits per heavy atom. The molecule has 3 rings (SSSR count). The number of nitro benzene ring substituents is 1. The summed E-state index contributed by atoms with van der Waals surface area (Å²) in [4.78, 5) is 26.5. The van der Waals surface area contributed by atoms with Crippen LogP contribution >= 0.6 is 0 Å². The molecule has 1 aromatic carbocycles. The van der Waals surface area contributed by atoms with Crippen molar-refractivity contribution in [2.24, 2.45) is 0 Å². The van der Waals surface area contributed by atoms with Crippen molar-refractivity contribution in [1.29, 1.82) is 0 Å². The Kier molecular flexibility index (Phi) is 3.03. The lowest BCUT2D eigenvalue weighted by molar-refractivity contribution is -0.383. The first-order valence-electron chi connectivity index (χ1n) is 6.00. The average molecular weight is 283 g/mol. The van der Waals surface area contributed by atoms with Crippen LogP contribution in [0.25, 0.3) is 5.65 Å². The molecule has 0 aliphatic carbocycles. The van der Waals surface area contributed by atoms with Gasteiger partial charge in [0.25, 0.3) is 11.6 Å². The van der Waals surface area contributed by atoms with Gasteiger partial charge in [-0.2, -0.15) is 5.10 Å². The van der Waals surface area contributed by atoms with Crippen LogP contribution < -0.4 is 5.32 Å². The summed E-state index contributed by atoms with van der Waals surface area (Å²) in [5.74, 6) is -0.533. The fourth-order valence-electron chi connectivity index (χ4n) is 1.87. The zero-order chi connectivity index (χ0) is 14.8. The highest BCUT2D eigenvalue weighted by molar-refractivity contribution is 6.04. The summed E-state index contributed by atoms with van der Waals surface area (Å²) in [6.07, 6.45) is 3.24. The van der Waals surface area contributed by atoms with Crippen LogP contribution in [0.4, 0.5) is 11.4 Å². The smallest absolute Gasteiger partial charge is 0.292 e. The molecule has 0 saturated carbocycles. The van der Waals surface area contributed by atoms with E-state index in [0.717, 1.165) is 0 Å². The third kappa shape index (κ3) is 2.41. The van der Waals surface area contributed by atoms with E-state index in [1.165, 1.54) is 28.8 Å². The van der Waals surface area contributed by atoms with Gasteiger partial charge in [-0.3, -0.25) is 14.9 Å². The molecule has 2 heterocycles. The second-order valence-electron chi connectivity index (χ2n) is 4.18. The summed E-state index contributed by atoms with van der Waals surface area (Å²) in [7, 11) is 0. The maximum Gasteiger partial charge on any atom is 0.292 e. The third-order valence-electron chi connectivity index (χ3n) is 2.82. The molecule has 21 heavy (non-hydrogen) atoms. The van der Waals surface area contributed by atoms with Gasteiger partial charge in [0.05, 0.1) is 4.92 Å². The Bertz CT molecular complexity index is 809. The molecule has 0 bridgehead atoms. The SMILES string of the molecule is O=C(Nc1ccccc1[N+](=O)[O-])c1cc2ncccn2n1. The highest BCUT2D eigenvalue weighted by atomic mass is 16.6. The molecule has 0 atom stereocenters. The van der Waals surface area contributed by atoms with Crippen LogP contribution in [0.1, 0.15) is 10.5 Å². The van der Waals surface area contributed by atoms with Crippen molar-refractivity contribution >= 4 is 22.9 Å². The maximum atomic E-state index is 12.1. The number of anilines is 1. The van der Waals surface area contributed by atoms with Gasteiger partial charge in [-0.05, 0) is 12.1 Å². The van der Waals surface area contributed by atoms with Crippen molar-refractivity contribution < 1.29 is 9.72 Å². The molecular formula is C13H9N5O3. The van der Waals surface area contributed by atoms with Crippen LogP contribution in [0.15, 0.2) is 48.8 Å². The summed E-state index contributed by atoms with van der Waals surface area (Å²) >= 11 is 0. The second-order valence-corrected chi connectivity index (χ2v) is 4.18. The zero-order valence-electron chi connectivity index (χ0n) is 10.6. The number of aromatic nitrogens is 3. The number of benzene rings is 1. The normalized spacial score (nSPS) is 10.5. The van der Waals surface area contributed by atoms with Crippen molar-refractivity contribution in [1.82, 2.24) is 14.6 Å². The van der Waals surface area contributed by atoms with Gasteiger partial charge in [0.1, 0.15) is 5.69 Å². The van der Waals surface area contributed by atoms with Crippen molar-refractivity contribution in [3.05, 3.63) is 64.6 Å². The lowest BCUT2D eigenvalue weighted by Gasteiger charge is -2.03. The molecule has 8 nitrogen and oxygen atoms in total. The Balaban J connectivity index is 1.91. The molecular weight excluding hydrogens is 274 g/mol. The number of hydrogen-bond acceptors (Lipinski definition) is 5. The highest BCUT2D eigenvalue weighted by Gasteiger charge is 2.17. The fourth-order valence-corrected chi connectivity index (χ4v) is 1.87. The van der Waals surface area contributed by atoms with Crippen molar-refractivity contribution in [2.75, 3.05) is 5.32 Å². The number of nitrogens with one attached hydrogen (secondary N) is 1. The lowest BCUT2D eigenvalue weighted by Crippen LogP contribution is -2.13. The van der Waals surface area contributed by atoms with Crippen LogP contribution in [0.3, 0.4) is 0 Å². The number of carbonyl (C=O) groups excluding carboxylic acids is 1. The molecule has 0 aliphatic rings. The van der Waals surface area contributed by atoms with Gasteiger partial charge in [0, 0.05) is 24.5 Å². The number of nitro groups is 1. The first-order valence-corrected chi connectivity index (χ1v) is 6.00. The summed E-state index contributed by atoms with van der Waals surface area (Å²) < 4.78 is 1.45. The second kappa shape index (κ2) is 5.00. The first kappa shape index (κ1) is 12.7. The van der Waals surface area contributed by atoms with E-state index in [1.807, 2.05) is 0 Å². The van der Waals surface area contributed by atoms with E-state index < -0.39 is 10.8 Å². The Labute approximate surface area is 118 Å². The molecule has 0 unspecified atom stereocenters. The van der Waals surface area contributed by atoms with E-state index in [1.54, 1.807) is 24.5 Å². The van der Waals surface area contributed by atoms with Crippen LogP contribution in [0.2, 0.25) is 0 Å². The molecule has 1 N–H and O–H groups in total. The van der Waals surface area contributed by atoms with Crippen molar-refractivity contribution in [3.63, 3.8) is 0 Å². The van der Waals surface area contributed by atoms with Gasteiger partial charge in [0.15, 0.2) is 11.3 Å². The number of carbonyl (C=O) groups is 1. The van der Waals surface area contributed by atoms with Crippen LogP contribution in [-0.4, -0.2) is 25.4 Å². The Hall–Kier alpha value is -3.29. The summed E-state index contributed by atoms with van der Waals surface area (Å²) in [5.41, 5.74) is 0.599. The Morgan fingerprint density at radius 1 is 1.29 bits per heavy atom. The zero-order valence-corrected chi connectivity index (χ0v) is 10.6. The number of nitrogens with zero attached hydrogens (tertiary/aromatic N) is 4. The maximum absolute atomic E-state index is 12.1. The molecule has 1 amide bonds. The number of para-hydroxylation sites is 2. The minimum Gasteiger partial charge on any atom is -0.315 e. The van der Waals surface area contributed by atoms with Gasteiger partial charge in [0.2, 0.25) is 0 Å². The number of rotatable bonds is 3. The van der Waals surface area contributed by atoms with Gasteiger partial charge in [-0.1, -0.05) is 12.1 Å². The topological polar surface area (TPSA) is 102 Å². The molecule has 0 spiro atoms. The number of hydrogen-bond donors (Lipinski definition) is 1. The van der Waals surface area contributed by atoms with Crippen LogP contribution in [0, 0.1) is 10.1 Å². The van der Waals surface area contributed by atoms with E-state index in [-0.39, 0.29) is 17.1 Å². The van der Waals surface area contributed by atoms with E-state index in [0.29, 0.717) is 5.65 Å². The summed E-state index contributed by atoms with van der Waals surface area (Å²) in [6.45, 7) is 0. The number of fused-ring (bicyclic) bond motifs is 1. The van der Waals surface area contributed by atoms with Crippen molar-refractivity contribution in [2.45, 2.75) is 0 Å². The lowest BCUT2D eigenvalue weighted by atomic mass is 10.2. The standard InChI is InChI=1S/C13H9N5O3/c19-13(10-8-12-14-6-3-7-17(12)16-10)15-9-4-1-2-5-11(9)18(20)21/h1-8H,(H,15,19). The van der Waals surface area contributed by atoms with E-state index in [4.69, 9.17) is 0 Å². The van der Waals surface area contributed by atoms with Gasteiger partial charge >= 0.3 is 0 Å². The monoisotopic (exact) mass is 283 g/mol. The highest BCUT2D eigenvalue weighted by Crippen LogP contribution is 2.23. The average Bonchev–Trinajstić information content (AvgIpc) is 2.91. The quantitative estimate of drug-likeness (QED) is 0.584. The summed E-state index contributed by atoms with van der Waals surface area (Å²) in [5, 5.41) is 17.4. The molecule has 2 aromatic heterocycles. The largest absolute Gasteiger partial charge is 0.315 e. The predicted molar refractivity (Wildman–Crippen MR) is 74.0 cm³/mol. The fraction of sp³-hybridized carbons (Fsp3) is 0. The molecule has 0 aliphatic heterocycles. The van der Waals surface area contributed by atoms with E-state index in [2.05, 4.69) is 15.4 Å². The first-order chi connectivity index (χ1) is 10.1. The minimum atomic E-state index is -0.555. The van der Waals surface area contributed by atoms with Gasteiger partial charge in [-0.15, -0.1) is 0 Å². The summed E-state index contributed by atoms with van der Waals surface area (Å²) in [6, 6.07) is 9.11. The van der Waals surface area contributed by atoms with Crippen LogP contribution in [0.5, 0.6) is 0 Å². The molecule has 8 heteroatoms. The van der Waals surface area contributed by atoms with Crippen molar-refractivity contribution in [3.8, 4) is 0 Å². The predicted octanol–water partition coefficient (Wildman–Crippen LogP) is 1.89. The van der Waals surface area contributed by atoms with Gasteiger partial charge in [-0.25, -0.2) is 9.50 Å². The van der Waals surface area contributed by atoms with Crippen LogP contribution in [-0.2, 0) is 0 Å². The van der Waals surface area contributed by atoms with E-state index >= 15 is 0 Å². The number of amides is 1. The van der Waals surface area contributed by atoms with E-state index in [9.17, 15) is 14.9 Å². The minimum absolute atomic E-state index is 0.123. The molecule has 0 fully saturated rings. The Morgan fingerprint density at radius 3 is 2.86 bits per heavy atom. The molecule has 104 valence electrons. The van der Waals surface area contributed by atoms with Gasteiger partial charge < -0.3 is 5.32 Å². The molecule has 3 aromatic rings. The molecule has 0 saturated heterocycles. The third-order valence-corrected chi connectivity index (χ3v) is 2.82.